The smallest absolute Gasteiger partial charge is 0.396 e. The molecule has 4 nitrogen and oxygen atoms in total. The Morgan fingerprint density at radius 2 is 2.00 bits per heavy atom. The van der Waals surface area contributed by atoms with Gasteiger partial charge in [-0.2, -0.15) is 18.3 Å². The minimum absolute atomic E-state index is 0.170. The molecule has 0 bridgehead atoms. The second-order valence-corrected chi connectivity index (χ2v) is 3.91. The summed E-state index contributed by atoms with van der Waals surface area (Å²) in [6, 6.07) is 0.994. The number of aromatic nitrogens is 2. The minimum atomic E-state index is -4.45. The number of halogens is 3. The third-order valence-corrected chi connectivity index (χ3v) is 2.34. The van der Waals surface area contributed by atoms with E-state index in [-0.39, 0.29) is 6.61 Å². The molecule has 2 N–H and O–H groups in total. The summed E-state index contributed by atoms with van der Waals surface area (Å²) in [5.41, 5.74) is -0.512. The van der Waals surface area contributed by atoms with Gasteiger partial charge in [-0.25, -0.2) is 0 Å². The van der Waals surface area contributed by atoms with Crippen molar-refractivity contribution < 1.29 is 18.3 Å². The van der Waals surface area contributed by atoms with Gasteiger partial charge in [0.15, 0.2) is 5.69 Å². The van der Waals surface area contributed by atoms with Crippen molar-refractivity contribution >= 4 is 0 Å². The van der Waals surface area contributed by atoms with Crippen molar-refractivity contribution in [2.45, 2.75) is 32.0 Å². The van der Waals surface area contributed by atoms with E-state index in [9.17, 15) is 13.2 Å². The van der Waals surface area contributed by atoms with Gasteiger partial charge in [0.1, 0.15) is 0 Å². The second kappa shape index (κ2) is 7.27. The summed E-state index contributed by atoms with van der Waals surface area (Å²) < 4.78 is 37.0. The molecule has 0 saturated heterocycles. The number of rotatable bonds is 7. The van der Waals surface area contributed by atoms with Crippen LogP contribution >= 0.6 is 0 Å². The Morgan fingerprint density at radius 3 is 2.67 bits per heavy atom. The second-order valence-electron chi connectivity index (χ2n) is 3.91. The van der Waals surface area contributed by atoms with E-state index in [0.29, 0.717) is 18.7 Å². The molecular weight excluding hydrogens is 247 g/mol. The van der Waals surface area contributed by atoms with Gasteiger partial charge in [0, 0.05) is 13.2 Å². The first-order valence-corrected chi connectivity index (χ1v) is 5.74. The van der Waals surface area contributed by atoms with Gasteiger partial charge >= 0.3 is 6.18 Å². The zero-order chi connectivity index (χ0) is 13.4. The van der Waals surface area contributed by atoms with Crippen molar-refractivity contribution in [3.8, 4) is 0 Å². The molecule has 7 heteroatoms. The van der Waals surface area contributed by atoms with Gasteiger partial charge < -0.3 is 10.4 Å². The Morgan fingerprint density at radius 1 is 1.22 bits per heavy atom. The van der Waals surface area contributed by atoms with Crippen LogP contribution in [-0.2, 0) is 12.7 Å². The molecule has 0 aliphatic carbocycles. The molecule has 1 rings (SSSR count). The first-order valence-electron chi connectivity index (χ1n) is 5.74. The van der Waals surface area contributed by atoms with Crippen LogP contribution in [-0.4, -0.2) is 28.5 Å². The van der Waals surface area contributed by atoms with Crippen molar-refractivity contribution in [3.05, 3.63) is 23.5 Å². The maximum Gasteiger partial charge on any atom is 0.435 e. The zero-order valence-electron chi connectivity index (χ0n) is 9.87. The fraction of sp³-hybridized carbons (Fsp3) is 0.636. The van der Waals surface area contributed by atoms with Gasteiger partial charge in [0.2, 0.25) is 0 Å². The molecule has 1 aromatic rings. The molecule has 0 radical (unpaired) electrons. The highest BCUT2D eigenvalue weighted by Crippen LogP contribution is 2.27. The summed E-state index contributed by atoms with van der Waals surface area (Å²) in [6.45, 7) is 1.20. The molecule has 0 amide bonds. The van der Waals surface area contributed by atoms with E-state index >= 15 is 0 Å². The summed E-state index contributed by atoms with van der Waals surface area (Å²) in [7, 11) is 0. The van der Waals surface area contributed by atoms with Crippen LogP contribution in [0.5, 0.6) is 0 Å². The average Bonchev–Trinajstić information content (AvgIpc) is 2.33. The van der Waals surface area contributed by atoms with Crippen molar-refractivity contribution in [2.24, 2.45) is 0 Å². The van der Waals surface area contributed by atoms with Crippen LogP contribution in [0, 0.1) is 0 Å². The van der Waals surface area contributed by atoms with Crippen molar-refractivity contribution in [1.29, 1.82) is 0 Å². The van der Waals surface area contributed by atoms with Crippen LogP contribution < -0.4 is 5.32 Å². The molecule has 0 aliphatic rings. The van der Waals surface area contributed by atoms with E-state index in [1.807, 2.05) is 0 Å². The number of nitrogens with one attached hydrogen (secondary N) is 1. The molecule has 0 atom stereocenters. The maximum absolute atomic E-state index is 12.3. The molecule has 1 aromatic heterocycles. The van der Waals surface area contributed by atoms with E-state index in [0.717, 1.165) is 25.3 Å². The van der Waals surface area contributed by atoms with E-state index in [4.69, 9.17) is 5.11 Å². The van der Waals surface area contributed by atoms with Crippen LogP contribution in [0.4, 0.5) is 13.2 Å². The first-order chi connectivity index (χ1) is 8.54. The van der Waals surface area contributed by atoms with E-state index < -0.39 is 11.9 Å². The molecule has 1 heterocycles. The minimum Gasteiger partial charge on any atom is -0.396 e. The number of aliphatic hydroxyl groups is 1. The lowest BCUT2D eigenvalue weighted by Gasteiger charge is -2.07. The monoisotopic (exact) mass is 263 g/mol. The van der Waals surface area contributed by atoms with Gasteiger partial charge in [0.25, 0.3) is 0 Å². The number of aliphatic hydroxyl groups excluding tert-OH is 1. The molecule has 18 heavy (non-hydrogen) atoms. The Kier molecular flexibility index (Phi) is 6.00. The maximum atomic E-state index is 12.3. The Hall–Kier alpha value is -1.21. The Bertz CT molecular complexity index is 358. The predicted molar refractivity (Wildman–Crippen MR) is 59.7 cm³/mol. The molecule has 0 saturated carbocycles. The van der Waals surface area contributed by atoms with Gasteiger partial charge in [0.05, 0.1) is 6.20 Å². The quantitative estimate of drug-likeness (QED) is 0.736. The molecule has 0 aromatic carbocycles. The molecule has 0 unspecified atom stereocenters. The van der Waals surface area contributed by atoms with Gasteiger partial charge in [-0.3, -0.25) is 0 Å². The van der Waals surface area contributed by atoms with E-state index in [1.54, 1.807) is 0 Å². The number of hydrogen-bond acceptors (Lipinski definition) is 4. The highest BCUT2D eigenvalue weighted by molar-refractivity contribution is 5.14. The first kappa shape index (κ1) is 14.8. The molecule has 0 spiro atoms. The van der Waals surface area contributed by atoms with E-state index in [1.165, 1.54) is 6.20 Å². The van der Waals surface area contributed by atoms with Gasteiger partial charge in [-0.1, -0.05) is 0 Å². The fourth-order valence-corrected chi connectivity index (χ4v) is 1.41. The van der Waals surface area contributed by atoms with Crippen LogP contribution in [0.1, 0.15) is 30.5 Å². The third kappa shape index (κ3) is 5.42. The largest absolute Gasteiger partial charge is 0.435 e. The Balaban J connectivity index is 2.34. The van der Waals surface area contributed by atoms with Gasteiger partial charge in [-0.15, -0.1) is 5.10 Å². The summed E-state index contributed by atoms with van der Waals surface area (Å²) >= 11 is 0. The van der Waals surface area contributed by atoms with Crippen molar-refractivity contribution in [2.75, 3.05) is 13.2 Å². The number of nitrogens with zero attached hydrogens (tertiary/aromatic N) is 2. The van der Waals surface area contributed by atoms with Crippen LogP contribution in [0.3, 0.4) is 0 Å². The number of alkyl halides is 3. The standard InChI is InChI=1S/C11H16F3N3O/c12-11(13,14)10-6-9(8-16-17-10)7-15-4-2-1-3-5-18/h6,8,15,18H,1-5,7H2. The van der Waals surface area contributed by atoms with Crippen LogP contribution in [0.2, 0.25) is 0 Å². The normalized spacial score (nSPS) is 11.8. The molecule has 0 aliphatic heterocycles. The van der Waals surface area contributed by atoms with Gasteiger partial charge in [-0.05, 0) is 37.4 Å². The van der Waals surface area contributed by atoms with Crippen molar-refractivity contribution in [3.63, 3.8) is 0 Å². The molecule has 0 fully saturated rings. The number of hydrogen-bond donors (Lipinski definition) is 2. The summed E-state index contributed by atoms with van der Waals surface area (Å²) in [5.74, 6) is 0. The lowest BCUT2D eigenvalue weighted by Crippen LogP contribution is -2.16. The zero-order valence-corrected chi connectivity index (χ0v) is 9.87. The number of unbranched alkanes of at least 4 members (excludes halogenated alkanes) is 2. The molecular formula is C11H16F3N3O. The lowest BCUT2D eigenvalue weighted by molar-refractivity contribution is -0.141. The summed E-state index contributed by atoms with van der Waals surface area (Å²) in [6.07, 6.45) is -0.617. The summed E-state index contributed by atoms with van der Waals surface area (Å²) in [4.78, 5) is 0. The van der Waals surface area contributed by atoms with Crippen LogP contribution in [0.15, 0.2) is 12.3 Å². The third-order valence-electron chi connectivity index (χ3n) is 2.34. The lowest BCUT2D eigenvalue weighted by atomic mass is 10.2. The highest BCUT2D eigenvalue weighted by atomic mass is 19.4. The topological polar surface area (TPSA) is 58.0 Å². The average molecular weight is 263 g/mol. The SMILES string of the molecule is OCCCCCNCc1cnnc(C(F)(F)F)c1. The van der Waals surface area contributed by atoms with Crippen molar-refractivity contribution in [1.82, 2.24) is 15.5 Å². The van der Waals surface area contributed by atoms with E-state index in [2.05, 4.69) is 15.5 Å². The Labute approximate surface area is 103 Å². The molecule has 102 valence electrons. The fourth-order valence-electron chi connectivity index (χ4n) is 1.41. The summed E-state index contributed by atoms with van der Waals surface area (Å²) in [5, 5.41) is 18.0. The van der Waals surface area contributed by atoms with Crippen LogP contribution in [0.25, 0.3) is 0 Å². The predicted octanol–water partition coefficient (Wildman–Crippen LogP) is 1.75. The highest BCUT2D eigenvalue weighted by Gasteiger charge is 2.33.